The number of nitrogens with one attached hydrogen (secondary N) is 2. The average molecular weight is 236 g/mol. The highest BCUT2D eigenvalue weighted by Crippen LogP contribution is 2.10. The van der Waals surface area contributed by atoms with Crippen molar-refractivity contribution < 1.29 is 9.53 Å². The van der Waals surface area contributed by atoms with Crippen LogP contribution in [-0.2, 0) is 11.3 Å². The van der Waals surface area contributed by atoms with Crippen molar-refractivity contribution in [2.75, 3.05) is 11.9 Å². The van der Waals surface area contributed by atoms with Gasteiger partial charge in [-0.25, -0.2) is 4.79 Å². The van der Waals surface area contributed by atoms with Gasteiger partial charge in [0.15, 0.2) is 0 Å². The van der Waals surface area contributed by atoms with Crippen LogP contribution in [0.3, 0.4) is 0 Å². The SMILES string of the molecule is CCNCc1ccc(NC(=O)OC(C)C)cc1. The van der Waals surface area contributed by atoms with Crippen molar-refractivity contribution in [3.8, 4) is 0 Å². The van der Waals surface area contributed by atoms with Crippen LogP contribution in [0.25, 0.3) is 0 Å². The number of benzene rings is 1. The largest absolute Gasteiger partial charge is 0.447 e. The van der Waals surface area contributed by atoms with Crippen LogP contribution in [0.15, 0.2) is 24.3 Å². The Labute approximate surface area is 102 Å². The molecule has 0 aromatic heterocycles. The second-order valence-electron chi connectivity index (χ2n) is 4.06. The smallest absolute Gasteiger partial charge is 0.411 e. The van der Waals surface area contributed by atoms with E-state index >= 15 is 0 Å². The predicted octanol–water partition coefficient (Wildman–Crippen LogP) is 2.75. The van der Waals surface area contributed by atoms with E-state index in [1.54, 1.807) is 0 Å². The molecule has 17 heavy (non-hydrogen) atoms. The average Bonchev–Trinajstić information content (AvgIpc) is 2.27. The fourth-order valence-electron chi connectivity index (χ4n) is 1.34. The molecule has 0 heterocycles. The van der Waals surface area contributed by atoms with Gasteiger partial charge in [-0.1, -0.05) is 19.1 Å². The van der Waals surface area contributed by atoms with E-state index in [2.05, 4.69) is 17.6 Å². The molecule has 4 nitrogen and oxygen atoms in total. The number of ether oxygens (including phenoxy) is 1. The molecule has 0 aliphatic carbocycles. The summed E-state index contributed by atoms with van der Waals surface area (Å²) in [6, 6.07) is 7.70. The molecule has 4 heteroatoms. The van der Waals surface area contributed by atoms with E-state index in [0.717, 1.165) is 18.8 Å². The zero-order valence-corrected chi connectivity index (χ0v) is 10.6. The van der Waals surface area contributed by atoms with Crippen LogP contribution in [0.4, 0.5) is 10.5 Å². The Bertz CT molecular complexity index is 347. The molecule has 1 rings (SSSR count). The maximum Gasteiger partial charge on any atom is 0.411 e. The maximum atomic E-state index is 11.3. The monoisotopic (exact) mass is 236 g/mol. The predicted molar refractivity (Wildman–Crippen MR) is 69.1 cm³/mol. The highest BCUT2D eigenvalue weighted by Gasteiger charge is 2.04. The molecule has 0 fully saturated rings. The Morgan fingerprint density at radius 1 is 1.29 bits per heavy atom. The Hall–Kier alpha value is -1.55. The lowest BCUT2D eigenvalue weighted by molar-refractivity contribution is 0.130. The highest BCUT2D eigenvalue weighted by molar-refractivity contribution is 5.84. The summed E-state index contributed by atoms with van der Waals surface area (Å²) >= 11 is 0. The minimum atomic E-state index is -0.417. The molecule has 0 saturated heterocycles. The fraction of sp³-hybridized carbons (Fsp3) is 0.462. The van der Waals surface area contributed by atoms with Crippen LogP contribution in [0.1, 0.15) is 26.3 Å². The van der Waals surface area contributed by atoms with E-state index in [1.165, 1.54) is 5.56 Å². The molecule has 0 aliphatic rings. The first-order chi connectivity index (χ1) is 8.11. The number of hydrogen-bond donors (Lipinski definition) is 2. The molecule has 1 amide bonds. The summed E-state index contributed by atoms with van der Waals surface area (Å²) in [5.74, 6) is 0. The van der Waals surface area contributed by atoms with Gasteiger partial charge in [0.05, 0.1) is 6.10 Å². The number of hydrogen-bond acceptors (Lipinski definition) is 3. The van der Waals surface area contributed by atoms with Crippen LogP contribution < -0.4 is 10.6 Å². The van der Waals surface area contributed by atoms with E-state index in [-0.39, 0.29) is 6.10 Å². The number of carbonyl (C=O) groups is 1. The van der Waals surface area contributed by atoms with Gasteiger partial charge in [0, 0.05) is 12.2 Å². The lowest BCUT2D eigenvalue weighted by Crippen LogP contribution is -2.18. The van der Waals surface area contributed by atoms with Crippen molar-refractivity contribution in [3.05, 3.63) is 29.8 Å². The zero-order chi connectivity index (χ0) is 12.7. The van der Waals surface area contributed by atoms with Gasteiger partial charge < -0.3 is 10.1 Å². The Balaban J connectivity index is 2.47. The van der Waals surface area contributed by atoms with Gasteiger partial charge >= 0.3 is 6.09 Å². The normalized spacial score (nSPS) is 10.4. The van der Waals surface area contributed by atoms with Crippen LogP contribution in [0, 0.1) is 0 Å². The fourth-order valence-corrected chi connectivity index (χ4v) is 1.34. The summed E-state index contributed by atoms with van der Waals surface area (Å²) in [6.07, 6.45) is -0.525. The van der Waals surface area contributed by atoms with Crippen molar-refractivity contribution in [2.24, 2.45) is 0 Å². The lowest BCUT2D eigenvalue weighted by atomic mass is 10.2. The van der Waals surface area contributed by atoms with Crippen molar-refractivity contribution >= 4 is 11.8 Å². The maximum absolute atomic E-state index is 11.3. The Morgan fingerprint density at radius 3 is 2.47 bits per heavy atom. The van der Waals surface area contributed by atoms with E-state index in [4.69, 9.17) is 4.74 Å². The van der Waals surface area contributed by atoms with Gasteiger partial charge in [0.25, 0.3) is 0 Å². The van der Waals surface area contributed by atoms with Crippen molar-refractivity contribution in [1.29, 1.82) is 0 Å². The second-order valence-corrected chi connectivity index (χ2v) is 4.06. The van der Waals surface area contributed by atoms with E-state index in [1.807, 2.05) is 38.1 Å². The molecule has 0 bridgehead atoms. The lowest BCUT2D eigenvalue weighted by Gasteiger charge is -2.10. The Morgan fingerprint density at radius 2 is 1.94 bits per heavy atom. The van der Waals surface area contributed by atoms with Crippen LogP contribution in [-0.4, -0.2) is 18.7 Å². The number of anilines is 1. The third kappa shape index (κ3) is 5.36. The molecule has 0 spiro atoms. The summed E-state index contributed by atoms with van der Waals surface area (Å²) in [5, 5.41) is 5.91. The van der Waals surface area contributed by atoms with Crippen molar-refractivity contribution in [3.63, 3.8) is 0 Å². The first kappa shape index (κ1) is 13.5. The summed E-state index contributed by atoms with van der Waals surface area (Å²) in [6.45, 7) is 7.49. The first-order valence-corrected chi connectivity index (χ1v) is 5.89. The van der Waals surface area contributed by atoms with E-state index < -0.39 is 6.09 Å². The molecule has 0 atom stereocenters. The molecule has 0 saturated carbocycles. The number of rotatable bonds is 5. The molecule has 0 radical (unpaired) electrons. The molecular weight excluding hydrogens is 216 g/mol. The molecule has 0 aliphatic heterocycles. The first-order valence-electron chi connectivity index (χ1n) is 5.89. The molecule has 1 aromatic carbocycles. The van der Waals surface area contributed by atoms with E-state index in [0.29, 0.717) is 0 Å². The standard InChI is InChI=1S/C13H20N2O2/c1-4-14-9-11-5-7-12(8-6-11)15-13(16)17-10(2)3/h5-8,10,14H,4,9H2,1-3H3,(H,15,16). The van der Waals surface area contributed by atoms with Gasteiger partial charge in [0.2, 0.25) is 0 Å². The minimum Gasteiger partial charge on any atom is -0.447 e. The van der Waals surface area contributed by atoms with Gasteiger partial charge in [-0.05, 0) is 38.1 Å². The quantitative estimate of drug-likeness (QED) is 0.826. The van der Waals surface area contributed by atoms with Gasteiger partial charge in [0.1, 0.15) is 0 Å². The van der Waals surface area contributed by atoms with Crippen LogP contribution in [0.2, 0.25) is 0 Å². The molecule has 2 N–H and O–H groups in total. The zero-order valence-electron chi connectivity index (χ0n) is 10.6. The second kappa shape index (κ2) is 6.91. The third-order valence-corrected chi connectivity index (χ3v) is 2.12. The van der Waals surface area contributed by atoms with Gasteiger partial charge in [-0.3, -0.25) is 5.32 Å². The Kier molecular flexibility index (Phi) is 5.49. The van der Waals surface area contributed by atoms with Gasteiger partial charge in [-0.2, -0.15) is 0 Å². The van der Waals surface area contributed by atoms with Gasteiger partial charge in [-0.15, -0.1) is 0 Å². The number of carbonyl (C=O) groups excluding carboxylic acids is 1. The number of amides is 1. The van der Waals surface area contributed by atoms with Crippen LogP contribution in [0.5, 0.6) is 0 Å². The summed E-state index contributed by atoms with van der Waals surface area (Å²) in [7, 11) is 0. The highest BCUT2D eigenvalue weighted by atomic mass is 16.6. The minimum absolute atomic E-state index is 0.108. The molecule has 94 valence electrons. The summed E-state index contributed by atoms with van der Waals surface area (Å²) < 4.78 is 4.99. The van der Waals surface area contributed by atoms with Crippen LogP contribution >= 0.6 is 0 Å². The van der Waals surface area contributed by atoms with Crippen molar-refractivity contribution in [2.45, 2.75) is 33.4 Å². The molecular formula is C13H20N2O2. The third-order valence-electron chi connectivity index (χ3n) is 2.12. The van der Waals surface area contributed by atoms with Crippen molar-refractivity contribution in [1.82, 2.24) is 5.32 Å². The topological polar surface area (TPSA) is 50.4 Å². The molecule has 1 aromatic rings. The summed E-state index contributed by atoms with van der Waals surface area (Å²) in [5.41, 5.74) is 1.94. The van der Waals surface area contributed by atoms with E-state index in [9.17, 15) is 4.79 Å². The molecule has 0 unspecified atom stereocenters. The summed E-state index contributed by atoms with van der Waals surface area (Å²) in [4.78, 5) is 11.3.